The molecule has 4 nitrogen and oxygen atoms in total. The van der Waals surface area contributed by atoms with Crippen LogP contribution in [0, 0.1) is 11.8 Å². The van der Waals surface area contributed by atoms with Crippen LogP contribution in [0.3, 0.4) is 0 Å². The lowest BCUT2D eigenvalue weighted by Gasteiger charge is -2.36. The summed E-state index contributed by atoms with van der Waals surface area (Å²) in [6.45, 7) is 0.668. The van der Waals surface area contributed by atoms with E-state index < -0.39 is 0 Å². The van der Waals surface area contributed by atoms with Gasteiger partial charge in [0, 0.05) is 19.3 Å². The summed E-state index contributed by atoms with van der Waals surface area (Å²) in [4.78, 5) is 28.0. The molecule has 1 aromatic carbocycles. The van der Waals surface area contributed by atoms with Gasteiger partial charge in [0.15, 0.2) is 0 Å². The summed E-state index contributed by atoms with van der Waals surface area (Å²) in [5, 5.41) is 0. The molecule has 5 heteroatoms. The zero-order chi connectivity index (χ0) is 14.1. The van der Waals surface area contributed by atoms with Crippen LogP contribution in [0.5, 0.6) is 0 Å². The van der Waals surface area contributed by atoms with Crippen LogP contribution in [0.4, 0.5) is 0 Å². The van der Waals surface area contributed by atoms with E-state index >= 15 is 0 Å². The average molecular weight is 288 g/mol. The molecule has 20 heavy (non-hydrogen) atoms. The van der Waals surface area contributed by atoms with E-state index in [4.69, 9.17) is 0 Å². The van der Waals surface area contributed by atoms with Crippen molar-refractivity contribution in [3.05, 3.63) is 35.4 Å². The Morgan fingerprint density at radius 2 is 1.95 bits per heavy atom. The van der Waals surface area contributed by atoms with Crippen molar-refractivity contribution in [2.24, 2.45) is 11.8 Å². The minimum atomic E-state index is -0.348. The molecular weight excluding hydrogens is 272 g/mol. The zero-order valence-corrected chi connectivity index (χ0v) is 12.3. The van der Waals surface area contributed by atoms with Crippen LogP contribution in [-0.4, -0.2) is 42.3 Å². The summed E-state index contributed by atoms with van der Waals surface area (Å²) in [6.07, 6.45) is 0. The quantitative estimate of drug-likeness (QED) is 0.674. The number of benzene rings is 1. The minimum Gasteiger partial charge on any atom is -0.287 e. The molecule has 2 unspecified atom stereocenters. The first-order chi connectivity index (χ1) is 9.57. The Balaban J connectivity index is 1.91. The largest absolute Gasteiger partial charge is 0.287 e. The topological polar surface area (TPSA) is 40.6 Å². The minimum absolute atomic E-state index is 0.0197. The average Bonchev–Trinajstić information content (AvgIpc) is 3.04. The Hall–Kier alpha value is -1.33. The Morgan fingerprint density at radius 1 is 1.20 bits per heavy atom. The van der Waals surface area contributed by atoms with E-state index in [-0.39, 0.29) is 28.5 Å². The van der Waals surface area contributed by atoms with Crippen molar-refractivity contribution in [1.29, 1.82) is 0 Å². The Kier molecular flexibility index (Phi) is 2.40. The number of hydrogen-bond acceptors (Lipinski definition) is 4. The highest BCUT2D eigenvalue weighted by atomic mass is 32.2. The fourth-order valence-electron chi connectivity index (χ4n) is 4.01. The predicted octanol–water partition coefficient (Wildman–Crippen LogP) is 1.26. The summed E-state index contributed by atoms with van der Waals surface area (Å²) in [6, 6.07) is 8.31. The van der Waals surface area contributed by atoms with E-state index in [9.17, 15) is 9.59 Å². The van der Waals surface area contributed by atoms with E-state index in [2.05, 4.69) is 17.0 Å². The van der Waals surface area contributed by atoms with Crippen LogP contribution < -0.4 is 0 Å². The Morgan fingerprint density at radius 3 is 2.75 bits per heavy atom. The lowest BCUT2D eigenvalue weighted by molar-refractivity contribution is -0.139. The summed E-state index contributed by atoms with van der Waals surface area (Å²) >= 11 is 1.80. The summed E-state index contributed by atoms with van der Waals surface area (Å²) in [5.74, 6) is 0.451. The molecule has 2 amide bonds. The Bertz CT molecular complexity index is 632. The van der Waals surface area contributed by atoms with E-state index in [0.29, 0.717) is 6.54 Å². The van der Waals surface area contributed by atoms with Gasteiger partial charge in [0.25, 0.3) is 0 Å². The van der Waals surface area contributed by atoms with Gasteiger partial charge < -0.3 is 0 Å². The molecule has 0 saturated carbocycles. The van der Waals surface area contributed by atoms with Gasteiger partial charge in [-0.1, -0.05) is 24.3 Å². The van der Waals surface area contributed by atoms with Gasteiger partial charge in [0.05, 0.1) is 11.8 Å². The first-order valence-corrected chi connectivity index (χ1v) is 7.81. The fraction of sp³-hybridized carbons (Fsp3) is 0.467. The third-order valence-electron chi connectivity index (χ3n) is 4.96. The number of carbonyl (C=O) groups excluding carboxylic acids is 2. The number of fused-ring (bicyclic) bond motifs is 4. The summed E-state index contributed by atoms with van der Waals surface area (Å²) in [5.41, 5.74) is 2.51. The second kappa shape index (κ2) is 3.86. The number of thioether (sulfide) groups is 1. The molecule has 0 bridgehead atoms. The lowest BCUT2D eigenvalue weighted by atomic mass is 9.86. The molecule has 0 N–H and O–H groups in total. The predicted molar refractivity (Wildman–Crippen MR) is 76.8 cm³/mol. The number of amides is 2. The number of rotatable bonds is 0. The van der Waals surface area contributed by atoms with Crippen LogP contribution in [0.15, 0.2) is 24.3 Å². The first-order valence-electron chi connectivity index (χ1n) is 6.82. The van der Waals surface area contributed by atoms with Gasteiger partial charge in [-0.15, -0.1) is 11.8 Å². The van der Waals surface area contributed by atoms with Gasteiger partial charge in [-0.05, 0) is 18.2 Å². The second-order valence-electron chi connectivity index (χ2n) is 5.84. The van der Waals surface area contributed by atoms with Gasteiger partial charge in [0.1, 0.15) is 4.87 Å². The molecule has 3 atom stereocenters. The molecule has 104 valence electrons. The fourth-order valence-corrected chi connectivity index (χ4v) is 5.73. The van der Waals surface area contributed by atoms with Gasteiger partial charge in [-0.2, -0.15) is 0 Å². The molecule has 3 aliphatic heterocycles. The standard InChI is InChI=1S/C15H16N2O2S/c1-16-7-10-12(14(19)17(2)13(10)18)15(16)11-6-4-3-5-9(11)8-20-15/h3-6,10,12H,7-8H2,1-2H3/t10?,12?,15-/m0/s1. The molecule has 0 aromatic heterocycles. The van der Waals surface area contributed by atoms with Crippen LogP contribution in [0.1, 0.15) is 11.1 Å². The molecule has 1 aromatic rings. The van der Waals surface area contributed by atoms with Crippen molar-refractivity contribution in [1.82, 2.24) is 9.80 Å². The number of hydrogen-bond donors (Lipinski definition) is 0. The Labute approximate surface area is 122 Å². The van der Waals surface area contributed by atoms with E-state index in [1.54, 1.807) is 18.8 Å². The molecule has 4 rings (SSSR count). The van der Waals surface area contributed by atoms with Crippen molar-refractivity contribution in [2.75, 3.05) is 20.6 Å². The van der Waals surface area contributed by atoms with Crippen molar-refractivity contribution in [3.63, 3.8) is 0 Å². The van der Waals surface area contributed by atoms with E-state index in [0.717, 1.165) is 5.75 Å². The molecule has 1 spiro atoms. The highest BCUT2D eigenvalue weighted by Crippen LogP contribution is 2.60. The van der Waals surface area contributed by atoms with Crippen molar-refractivity contribution in [3.8, 4) is 0 Å². The van der Waals surface area contributed by atoms with Crippen LogP contribution in [0.2, 0.25) is 0 Å². The van der Waals surface area contributed by atoms with Crippen LogP contribution >= 0.6 is 11.8 Å². The smallest absolute Gasteiger partial charge is 0.236 e. The summed E-state index contributed by atoms with van der Waals surface area (Å²) in [7, 11) is 3.65. The van der Waals surface area contributed by atoms with Gasteiger partial charge >= 0.3 is 0 Å². The number of carbonyl (C=O) groups is 2. The molecule has 3 aliphatic rings. The zero-order valence-electron chi connectivity index (χ0n) is 11.5. The molecule has 2 fully saturated rings. The van der Waals surface area contributed by atoms with E-state index in [1.807, 2.05) is 19.2 Å². The van der Waals surface area contributed by atoms with Gasteiger partial charge in [-0.25, -0.2) is 0 Å². The summed E-state index contributed by atoms with van der Waals surface area (Å²) < 4.78 is 0. The van der Waals surface area contributed by atoms with Gasteiger partial charge in [0.2, 0.25) is 11.8 Å². The van der Waals surface area contributed by atoms with Crippen molar-refractivity contribution < 1.29 is 9.59 Å². The lowest BCUT2D eigenvalue weighted by Crippen LogP contribution is -2.43. The molecule has 0 aliphatic carbocycles. The maximum absolute atomic E-state index is 12.6. The third kappa shape index (κ3) is 1.23. The number of nitrogens with zero attached hydrogens (tertiary/aromatic N) is 2. The van der Waals surface area contributed by atoms with Crippen molar-refractivity contribution >= 4 is 23.6 Å². The number of imide groups is 1. The van der Waals surface area contributed by atoms with Crippen LogP contribution in [0.25, 0.3) is 0 Å². The monoisotopic (exact) mass is 288 g/mol. The maximum atomic E-state index is 12.6. The van der Waals surface area contributed by atoms with E-state index in [1.165, 1.54) is 16.0 Å². The molecule has 0 radical (unpaired) electrons. The van der Waals surface area contributed by atoms with Crippen molar-refractivity contribution in [2.45, 2.75) is 10.6 Å². The second-order valence-corrected chi connectivity index (χ2v) is 7.04. The molecular formula is C15H16N2O2S. The number of likely N-dealkylation sites (tertiary alicyclic amines) is 2. The van der Waals surface area contributed by atoms with Gasteiger partial charge in [-0.3, -0.25) is 19.4 Å². The normalized spacial score (nSPS) is 36.0. The molecule has 2 saturated heterocycles. The molecule has 3 heterocycles. The SMILES string of the molecule is CN1C(=O)C2CN(C)[C@@]3(SCc4ccccc43)C2C1=O. The maximum Gasteiger partial charge on any atom is 0.236 e. The third-order valence-corrected chi connectivity index (χ3v) is 6.64. The highest BCUT2D eigenvalue weighted by Gasteiger charge is 2.65. The first kappa shape index (κ1) is 12.4. The van der Waals surface area contributed by atoms with Crippen LogP contribution in [-0.2, 0) is 20.2 Å². The highest BCUT2D eigenvalue weighted by molar-refractivity contribution is 7.99.